The fourth-order valence-corrected chi connectivity index (χ4v) is 2.25. The van der Waals surface area contributed by atoms with Gasteiger partial charge in [-0.2, -0.15) is 0 Å². The van der Waals surface area contributed by atoms with Gasteiger partial charge in [-0.25, -0.2) is 0 Å². The van der Waals surface area contributed by atoms with Gasteiger partial charge in [0.2, 0.25) is 5.91 Å². The molecule has 0 saturated carbocycles. The van der Waals surface area contributed by atoms with Crippen molar-refractivity contribution in [3.05, 3.63) is 33.8 Å². The molecule has 4 nitrogen and oxygen atoms in total. The number of hydrogen-bond acceptors (Lipinski definition) is 2. The average Bonchev–Trinajstić information content (AvgIpc) is 2.35. The van der Waals surface area contributed by atoms with E-state index in [1.54, 1.807) is 18.2 Å². The molecule has 1 aromatic rings. The smallest absolute Gasteiger partial charge is 0.256 e. The van der Waals surface area contributed by atoms with Gasteiger partial charge in [0.1, 0.15) is 0 Å². The Balaban J connectivity index is 2.87. The number of carbonyl (C=O) groups excluding carboxylic acids is 2. The molecule has 0 aromatic heterocycles. The lowest BCUT2D eigenvalue weighted by molar-refractivity contribution is -0.130. The lowest BCUT2D eigenvalue weighted by Crippen LogP contribution is -2.36. The molecule has 1 aromatic carbocycles. The molecule has 0 spiro atoms. The Kier molecular flexibility index (Phi) is 6.89. The normalized spacial score (nSPS) is 10.7. The molecule has 2 N–H and O–H groups in total. The highest BCUT2D eigenvalue weighted by Crippen LogP contribution is 2.23. The first kappa shape index (κ1) is 17.4. The molecule has 0 bridgehead atoms. The van der Waals surface area contributed by atoms with Crippen molar-refractivity contribution >= 4 is 58.2 Å². The monoisotopic (exact) mass is 356 g/mol. The molecule has 0 radical (unpaired) electrons. The van der Waals surface area contributed by atoms with Crippen molar-refractivity contribution < 1.29 is 9.59 Å². The van der Waals surface area contributed by atoms with E-state index in [0.29, 0.717) is 15.6 Å². The van der Waals surface area contributed by atoms with E-state index in [4.69, 9.17) is 52.1 Å². The summed E-state index contributed by atoms with van der Waals surface area (Å²) in [5.41, 5.74) is 5.74. The highest BCUT2D eigenvalue weighted by atomic mass is 35.5. The first-order chi connectivity index (χ1) is 9.31. The Morgan fingerprint density at radius 2 is 1.90 bits per heavy atom. The number of nitrogens with two attached hydrogens (primary N) is 1. The molecule has 8 heteroatoms. The molecule has 0 fully saturated rings. The third-order valence-corrected chi connectivity index (χ3v) is 3.46. The van der Waals surface area contributed by atoms with Crippen molar-refractivity contribution in [2.45, 2.75) is 17.8 Å². The molecule has 1 rings (SSSR count). The SMILES string of the molecule is NC(=O)CCN(Cc1ccc(Cl)cc1Cl)C(=O)C(Cl)Cl. The molecule has 2 amide bonds. The van der Waals surface area contributed by atoms with Crippen molar-refractivity contribution in [2.24, 2.45) is 5.73 Å². The van der Waals surface area contributed by atoms with Crippen LogP contribution in [0.4, 0.5) is 0 Å². The summed E-state index contributed by atoms with van der Waals surface area (Å²) in [6, 6.07) is 4.90. The Labute approximate surface area is 136 Å². The third kappa shape index (κ3) is 5.37. The lowest BCUT2D eigenvalue weighted by atomic mass is 10.2. The van der Waals surface area contributed by atoms with Crippen molar-refractivity contribution in [3.63, 3.8) is 0 Å². The Morgan fingerprint density at radius 3 is 2.40 bits per heavy atom. The maximum Gasteiger partial charge on any atom is 0.256 e. The van der Waals surface area contributed by atoms with Gasteiger partial charge in [-0.3, -0.25) is 9.59 Å². The summed E-state index contributed by atoms with van der Waals surface area (Å²) in [6.45, 7) is 0.279. The van der Waals surface area contributed by atoms with Crippen LogP contribution in [0.2, 0.25) is 10.0 Å². The summed E-state index contributed by atoms with van der Waals surface area (Å²) in [7, 11) is 0. The molecule has 0 unspecified atom stereocenters. The predicted molar refractivity (Wildman–Crippen MR) is 81.2 cm³/mol. The lowest BCUT2D eigenvalue weighted by Gasteiger charge is -2.23. The van der Waals surface area contributed by atoms with Gasteiger partial charge in [-0.05, 0) is 17.7 Å². The van der Waals surface area contributed by atoms with E-state index in [2.05, 4.69) is 0 Å². The zero-order valence-electron chi connectivity index (χ0n) is 10.3. The summed E-state index contributed by atoms with van der Waals surface area (Å²) in [5.74, 6) is -1.04. The van der Waals surface area contributed by atoms with Crippen molar-refractivity contribution in [3.8, 4) is 0 Å². The molecule has 0 atom stereocenters. The largest absolute Gasteiger partial charge is 0.370 e. The van der Waals surface area contributed by atoms with Crippen LogP contribution in [0.15, 0.2) is 18.2 Å². The second-order valence-corrected chi connectivity index (χ2v) is 5.95. The van der Waals surface area contributed by atoms with Crippen LogP contribution in [0.5, 0.6) is 0 Å². The summed E-state index contributed by atoms with van der Waals surface area (Å²) in [4.78, 5) is 22.8. The van der Waals surface area contributed by atoms with Crippen LogP contribution >= 0.6 is 46.4 Å². The number of alkyl halides is 2. The Hall–Kier alpha value is -0.680. The van der Waals surface area contributed by atoms with E-state index >= 15 is 0 Å². The summed E-state index contributed by atoms with van der Waals surface area (Å²) < 4.78 is 0. The molecule has 20 heavy (non-hydrogen) atoms. The van der Waals surface area contributed by atoms with E-state index in [1.807, 2.05) is 0 Å². The molecule has 0 aliphatic rings. The molecule has 0 saturated heterocycles. The Morgan fingerprint density at radius 1 is 1.25 bits per heavy atom. The van der Waals surface area contributed by atoms with E-state index in [9.17, 15) is 9.59 Å². The van der Waals surface area contributed by atoms with E-state index in [0.717, 1.165) is 0 Å². The Bertz CT molecular complexity index is 508. The third-order valence-electron chi connectivity index (χ3n) is 2.50. The zero-order valence-corrected chi connectivity index (χ0v) is 13.3. The fraction of sp³-hybridized carbons (Fsp3) is 0.333. The molecule has 0 aliphatic heterocycles. The number of benzene rings is 1. The van der Waals surface area contributed by atoms with Crippen LogP contribution in [-0.4, -0.2) is 28.1 Å². The maximum absolute atomic E-state index is 11.9. The van der Waals surface area contributed by atoms with Gasteiger partial charge in [-0.15, -0.1) is 0 Å². The standard InChI is InChI=1S/C12H12Cl4N2O2/c13-8-2-1-7(9(14)5-8)6-18(4-3-10(17)19)12(20)11(15)16/h1-2,5,11H,3-4,6H2,(H2,17,19). The molecular weight excluding hydrogens is 346 g/mol. The molecule has 0 heterocycles. The highest BCUT2D eigenvalue weighted by molar-refractivity contribution is 6.53. The molecular formula is C12H12Cl4N2O2. The van der Waals surface area contributed by atoms with Crippen LogP contribution in [-0.2, 0) is 16.1 Å². The van der Waals surface area contributed by atoms with Crippen LogP contribution in [0, 0.1) is 0 Å². The fourth-order valence-electron chi connectivity index (χ4n) is 1.51. The van der Waals surface area contributed by atoms with Gasteiger partial charge in [-0.1, -0.05) is 52.5 Å². The number of primary amides is 1. The van der Waals surface area contributed by atoms with Gasteiger partial charge in [0.05, 0.1) is 0 Å². The van der Waals surface area contributed by atoms with Gasteiger partial charge < -0.3 is 10.6 Å². The van der Waals surface area contributed by atoms with Crippen molar-refractivity contribution in [2.75, 3.05) is 6.54 Å². The van der Waals surface area contributed by atoms with Crippen LogP contribution in [0.3, 0.4) is 0 Å². The number of halogens is 4. The number of amides is 2. The van der Waals surface area contributed by atoms with Gasteiger partial charge in [0, 0.05) is 29.6 Å². The zero-order chi connectivity index (χ0) is 15.3. The number of rotatable bonds is 6. The minimum absolute atomic E-state index is 0.0114. The maximum atomic E-state index is 11.9. The second kappa shape index (κ2) is 7.93. The number of carbonyl (C=O) groups is 2. The first-order valence-electron chi connectivity index (χ1n) is 5.60. The van der Waals surface area contributed by atoms with E-state index in [1.165, 1.54) is 4.90 Å². The highest BCUT2D eigenvalue weighted by Gasteiger charge is 2.21. The summed E-state index contributed by atoms with van der Waals surface area (Å²) >= 11 is 23.0. The first-order valence-corrected chi connectivity index (χ1v) is 7.23. The van der Waals surface area contributed by atoms with E-state index < -0.39 is 16.7 Å². The number of nitrogens with zero attached hydrogens (tertiary/aromatic N) is 1. The van der Waals surface area contributed by atoms with Crippen LogP contribution < -0.4 is 5.73 Å². The quantitative estimate of drug-likeness (QED) is 0.795. The van der Waals surface area contributed by atoms with Gasteiger partial charge in [0.15, 0.2) is 4.84 Å². The second-order valence-electron chi connectivity index (χ2n) is 4.01. The minimum Gasteiger partial charge on any atom is -0.370 e. The predicted octanol–water partition coefficient (Wildman–Crippen LogP) is 3.00. The van der Waals surface area contributed by atoms with Crippen LogP contribution in [0.1, 0.15) is 12.0 Å². The molecule has 110 valence electrons. The topological polar surface area (TPSA) is 63.4 Å². The van der Waals surface area contributed by atoms with Crippen molar-refractivity contribution in [1.29, 1.82) is 0 Å². The minimum atomic E-state index is -1.21. The summed E-state index contributed by atoms with van der Waals surface area (Å²) in [6.07, 6.45) is 0.0114. The van der Waals surface area contributed by atoms with Gasteiger partial charge in [0.25, 0.3) is 5.91 Å². The van der Waals surface area contributed by atoms with Crippen molar-refractivity contribution in [1.82, 2.24) is 4.90 Å². The number of hydrogen-bond donors (Lipinski definition) is 1. The average molecular weight is 358 g/mol. The molecule has 0 aliphatic carbocycles. The van der Waals surface area contributed by atoms with Gasteiger partial charge >= 0.3 is 0 Å². The summed E-state index contributed by atoms with van der Waals surface area (Å²) in [5, 5.41) is 0.899. The van der Waals surface area contributed by atoms with E-state index in [-0.39, 0.29) is 19.5 Å². The van der Waals surface area contributed by atoms with Crippen LogP contribution in [0.25, 0.3) is 0 Å².